The van der Waals surface area contributed by atoms with E-state index >= 15 is 0 Å². The predicted octanol–water partition coefficient (Wildman–Crippen LogP) is 5.02. The van der Waals surface area contributed by atoms with Gasteiger partial charge in [0, 0.05) is 36.0 Å². The van der Waals surface area contributed by atoms with E-state index in [1.807, 2.05) is 0 Å². The van der Waals surface area contributed by atoms with Gasteiger partial charge in [-0.3, -0.25) is 14.6 Å². The van der Waals surface area contributed by atoms with Crippen LogP contribution >= 0.6 is 0 Å². The van der Waals surface area contributed by atoms with E-state index < -0.39 is 16.6 Å². The number of furan rings is 1. The van der Waals surface area contributed by atoms with Gasteiger partial charge in [0.05, 0.1) is 31.3 Å². The van der Waals surface area contributed by atoms with Crippen molar-refractivity contribution >= 4 is 34.6 Å². The average Bonchev–Trinajstić information content (AvgIpc) is 3.34. The van der Waals surface area contributed by atoms with Crippen LogP contribution in [0.5, 0.6) is 11.5 Å². The minimum absolute atomic E-state index is 0.0514. The number of fused-ring (bicyclic) bond motifs is 1. The smallest absolute Gasteiger partial charge is 0.497 e. The standard InChI is InChI=1S/C31H31N3O8/c1-39-19-41-26-10-9-22(40-2)16-25(26)29(35)23-7-5-8-27-24(23)17-28(42-27)34(31(37)38)15-4-3-6-21(18-34)33-30(36)20-11-13-32-14-12-20/h5,7-14,16-17,21H,3-4,6,15,18-19H2,1-2H3,(H-,33,36,37,38)/p+1. The fourth-order valence-electron chi connectivity index (χ4n) is 5.35. The number of methoxy groups -OCH3 is 2. The molecule has 2 N–H and O–H groups in total. The SMILES string of the molecule is COCOc1ccc(OC)cc1C(=O)c1cccc2oc([N+]3(C(=O)O)CCCCC(NC(=O)c4ccncc4)C3)cc12. The fourth-order valence-corrected chi connectivity index (χ4v) is 5.35. The summed E-state index contributed by atoms with van der Waals surface area (Å²) in [5.41, 5.74) is 1.40. The Balaban J connectivity index is 1.52. The molecule has 11 nitrogen and oxygen atoms in total. The van der Waals surface area contributed by atoms with Crippen molar-refractivity contribution in [2.24, 2.45) is 0 Å². The van der Waals surface area contributed by atoms with Gasteiger partial charge in [0.1, 0.15) is 23.6 Å². The third kappa shape index (κ3) is 5.69. The molecule has 3 heterocycles. The summed E-state index contributed by atoms with van der Waals surface area (Å²) in [7, 11) is 2.99. The quantitative estimate of drug-likeness (QED) is 0.160. The first-order chi connectivity index (χ1) is 20.4. The second-order valence-corrected chi connectivity index (χ2v) is 10.1. The molecule has 0 spiro atoms. The number of rotatable bonds is 9. The van der Waals surface area contributed by atoms with Gasteiger partial charge in [0.15, 0.2) is 12.6 Å². The van der Waals surface area contributed by atoms with E-state index in [0.29, 0.717) is 46.4 Å². The Bertz CT molecular complexity index is 1600. The molecule has 2 unspecified atom stereocenters. The molecule has 2 atom stereocenters. The first-order valence-corrected chi connectivity index (χ1v) is 13.6. The topological polar surface area (TPSA) is 137 Å². The normalized spacial score (nSPS) is 18.7. The summed E-state index contributed by atoms with van der Waals surface area (Å²) in [6, 6.07) is 14.4. The van der Waals surface area contributed by atoms with Crippen molar-refractivity contribution in [2.75, 3.05) is 34.1 Å². The lowest BCUT2D eigenvalue weighted by Crippen LogP contribution is -2.59. The number of amides is 2. The molecule has 0 saturated carbocycles. The van der Waals surface area contributed by atoms with Crippen LogP contribution in [0.1, 0.15) is 45.5 Å². The number of pyridine rings is 1. The minimum atomic E-state index is -1.10. The monoisotopic (exact) mass is 574 g/mol. The molecular formula is C31H32N3O8+. The first-order valence-electron chi connectivity index (χ1n) is 13.6. The number of benzene rings is 2. The molecule has 1 fully saturated rings. The molecule has 1 aliphatic heterocycles. The molecule has 42 heavy (non-hydrogen) atoms. The molecule has 2 aromatic carbocycles. The van der Waals surface area contributed by atoms with Crippen molar-refractivity contribution in [1.29, 1.82) is 0 Å². The molecule has 5 rings (SSSR count). The summed E-state index contributed by atoms with van der Waals surface area (Å²) in [6.07, 6.45) is 3.93. The summed E-state index contributed by atoms with van der Waals surface area (Å²) in [5, 5.41) is 14.0. The highest BCUT2D eigenvalue weighted by Crippen LogP contribution is 2.37. The number of nitrogens with zero attached hydrogens (tertiary/aromatic N) is 2. The van der Waals surface area contributed by atoms with Crippen molar-refractivity contribution < 1.29 is 38.1 Å². The number of aromatic nitrogens is 1. The minimum Gasteiger partial charge on any atom is -0.497 e. The molecule has 2 aromatic heterocycles. The molecule has 1 aliphatic rings. The van der Waals surface area contributed by atoms with Crippen LogP contribution in [0, 0.1) is 0 Å². The summed E-state index contributed by atoms with van der Waals surface area (Å²) in [6.45, 7) is 0.301. The second-order valence-electron chi connectivity index (χ2n) is 10.1. The summed E-state index contributed by atoms with van der Waals surface area (Å²) in [4.78, 5) is 43.7. The van der Waals surface area contributed by atoms with Gasteiger partial charge in [0.2, 0.25) is 0 Å². The zero-order valence-electron chi connectivity index (χ0n) is 23.4. The lowest BCUT2D eigenvalue weighted by molar-refractivity contribution is 0.0503. The molecule has 0 bridgehead atoms. The van der Waals surface area contributed by atoms with Crippen molar-refractivity contribution in [2.45, 2.75) is 25.3 Å². The van der Waals surface area contributed by atoms with Crippen molar-refractivity contribution in [3.63, 3.8) is 0 Å². The summed E-state index contributed by atoms with van der Waals surface area (Å²) >= 11 is 0. The molecule has 11 heteroatoms. The maximum Gasteiger partial charge on any atom is 0.521 e. The van der Waals surface area contributed by atoms with Crippen molar-refractivity contribution in [3.05, 3.63) is 83.7 Å². The number of quaternary nitrogens is 1. The third-order valence-corrected chi connectivity index (χ3v) is 7.50. The molecule has 0 aliphatic carbocycles. The largest absolute Gasteiger partial charge is 0.521 e. The van der Waals surface area contributed by atoms with E-state index in [1.54, 1.807) is 54.6 Å². The Morgan fingerprint density at radius 3 is 2.60 bits per heavy atom. The van der Waals surface area contributed by atoms with Gasteiger partial charge in [-0.25, -0.2) is 0 Å². The Morgan fingerprint density at radius 1 is 1.05 bits per heavy atom. The number of carbonyl (C=O) groups is 3. The van der Waals surface area contributed by atoms with Gasteiger partial charge >= 0.3 is 12.0 Å². The first kappa shape index (κ1) is 28.8. The molecular weight excluding hydrogens is 542 g/mol. The fraction of sp³-hybridized carbons (Fsp3) is 0.290. The molecule has 2 amide bonds. The Morgan fingerprint density at radius 2 is 1.86 bits per heavy atom. The van der Waals surface area contributed by atoms with E-state index in [4.69, 9.17) is 18.6 Å². The maximum atomic E-state index is 13.9. The number of hydrogen-bond donors (Lipinski definition) is 2. The van der Waals surface area contributed by atoms with Gasteiger partial charge in [-0.1, -0.05) is 12.1 Å². The van der Waals surface area contributed by atoms with Gasteiger partial charge in [-0.15, -0.1) is 0 Å². The average molecular weight is 575 g/mol. The van der Waals surface area contributed by atoms with Crippen LogP contribution in [0.4, 0.5) is 10.7 Å². The molecule has 1 saturated heterocycles. The highest BCUT2D eigenvalue weighted by molar-refractivity contribution is 6.17. The zero-order chi connectivity index (χ0) is 29.7. The van der Waals surface area contributed by atoms with Gasteiger partial charge < -0.3 is 29.1 Å². The lowest BCUT2D eigenvalue weighted by Gasteiger charge is -2.30. The Labute approximate surface area is 242 Å². The van der Waals surface area contributed by atoms with E-state index in [0.717, 1.165) is 6.42 Å². The predicted molar refractivity (Wildman–Crippen MR) is 154 cm³/mol. The van der Waals surface area contributed by atoms with E-state index in [1.165, 1.54) is 26.6 Å². The third-order valence-electron chi connectivity index (χ3n) is 7.50. The lowest BCUT2D eigenvalue weighted by atomic mass is 9.99. The van der Waals surface area contributed by atoms with Gasteiger partial charge in [-0.05, 0) is 55.7 Å². The van der Waals surface area contributed by atoms with Crippen LogP contribution in [-0.2, 0) is 4.74 Å². The van der Waals surface area contributed by atoms with Gasteiger partial charge in [0.25, 0.3) is 5.91 Å². The van der Waals surface area contributed by atoms with Crippen LogP contribution in [-0.4, -0.2) is 68.0 Å². The van der Waals surface area contributed by atoms with Crippen LogP contribution < -0.4 is 19.3 Å². The number of hydrogen-bond acceptors (Lipinski definition) is 8. The van der Waals surface area contributed by atoms with E-state index in [-0.39, 0.29) is 43.0 Å². The zero-order valence-corrected chi connectivity index (χ0v) is 23.4. The van der Waals surface area contributed by atoms with Crippen LogP contribution in [0.25, 0.3) is 11.0 Å². The maximum absolute atomic E-state index is 13.9. The number of carbonyl (C=O) groups excluding carboxylic acids is 2. The van der Waals surface area contributed by atoms with E-state index in [9.17, 15) is 19.5 Å². The molecule has 218 valence electrons. The van der Waals surface area contributed by atoms with E-state index in [2.05, 4.69) is 10.3 Å². The molecule has 0 radical (unpaired) electrons. The van der Waals surface area contributed by atoms with Crippen LogP contribution in [0.15, 0.2) is 71.4 Å². The van der Waals surface area contributed by atoms with Crippen LogP contribution in [0.3, 0.4) is 0 Å². The van der Waals surface area contributed by atoms with Crippen molar-refractivity contribution in [1.82, 2.24) is 14.8 Å². The van der Waals surface area contributed by atoms with Gasteiger partial charge in [-0.2, -0.15) is 9.28 Å². The number of ketones is 1. The summed E-state index contributed by atoms with van der Waals surface area (Å²) in [5.74, 6) is 0.332. The van der Waals surface area contributed by atoms with Crippen LogP contribution in [0.2, 0.25) is 0 Å². The second kappa shape index (κ2) is 12.4. The number of likely N-dealkylation sites (tertiary alicyclic amines) is 1. The highest BCUT2D eigenvalue weighted by Gasteiger charge is 2.46. The number of ether oxygens (including phenoxy) is 3. The van der Waals surface area contributed by atoms with Crippen molar-refractivity contribution in [3.8, 4) is 11.5 Å². The Hall–Kier alpha value is -4.74. The number of nitrogens with one attached hydrogen (secondary N) is 1. The number of carboxylic acid groups (broad SMARTS) is 1. The summed E-state index contributed by atoms with van der Waals surface area (Å²) < 4.78 is 21.6. The molecule has 4 aromatic rings. The Kier molecular flexibility index (Phi) is 8.51. The highest BCUT2D eigenvalue weighted by atomic mass is 16.7.